The standard InChI is InChI=1S/C22H21FN2O3S/c1-13-8-9-25(29(3)27)18-12-19-17(11-15(18)10-13)20(22(26)24-2)21(28-19)14-4-6-16(23)7-5-14/h4-7,10-12H,8-9H2,1-3H3,(H,24,26). The van der Waals surface area contributed by atoms with Gasteiger partial charge in [-0.15, -0.1) is 0 Å². The lowest BCUT2D eigenvalue weighted by atomic mass is 10.0. The summed E-state index contributed by atoms with van der Waals surface area (Å²) in [6.45, 7) is 2.67. The van der Waals surface area contributed by atoms with E-state index in [-0.39, 0.29) is 11.7 Å². The molecule has 1 aromatic heterocycles. The van der Waals surface area contributed by atoms with E-state index in [1.165, 1.54) is 17.7 Å². The molecule has 7 heteroatoms. The van der Waals surface area contributed by atoms with Gasteiger partial charge in [0.1, 0.15) is 28.1 Å². The summed E-state index contributed by atoms with van der Waals surface area (Å²) in [6, 6.07) is 9.57. The van der Waals surface area contributed by atoms with Crippen LogP contribution in [-0.4, -0.2) is 30.0 Å². The van der Waals surface area contributed by atoms with Crippen molar-refractivity contribution in [3.8, 4) is 11.3 Å². The van der Waals surface area contributed by atoms with Crippen LogP contribution in [-0.2, 0) is 11.0 Å². The van der Waals surface area contributed by atoms with Crippen LogP contribution in [0.5, 0.6) is 0 Å². The van der Waals surface area contributed by atoms with Crippen LogP contribution < -0.4 is 9.62 Å². The molecule has 1 N–H and O–H groups in total. The maximum Gasteiger partial charge on any atom is 0.255 e. The summed E-state index contributed by atoms with van der Waals surface area (Å²) in [7, 11) is 0.368. The third-order valence-electron chi connectivity index (χ3n) is 5.09. The summed E-state index contributed by atoms with van der Waals surface area (Å²) in [4.78, 5) is 12.7. The number of hydrogen-bond acceptors (Lipinski definition) is 3. The number of carbonyl (C=O) groups is 1. The molecule has 2 heterocycles. The number of benzene rings is 2. The van der Waals surface area contributed by atoms with Gasteiger partial charge in [0.2, 0.25) is 0 Å². The third kappa shape index (κ3) is 3.46. The van der Waals surface area contributed by atoms with Gasteiger partial charge < -0.3 is 9.73 Å². The second-order valence-corrected chi connectivity index (χ2v) is 8.35. The molecule has 0 saturated carbocycles. The Hall–Kier alpha value is -2.93. The molecule has 5 nitrogen and oxygen atoms in total. The van der Waals surface area contributed by atoms with E-state index in [1.807, 2.05) is 23.4 Å². The summed E-state index contributed by atoms with van der Waals surface area (Å²) in [5.74, 6) is -0.266. The van der Waals surface area contributed by atoms with Crippen LogP contribution in [0.4, 0.5) is 10.1 Å². The monoisotopic (exact) mass is 412 g/mol. The largest absolute Gasteiger partial charge is 0.455 e. The van der Waals surface area contributed by atoms with Gasteiger partial charge >= 0.3 is 0 Å². The highest BCUT2D eigenvalue weighted by Gasteiger charge is 2.25. The van der Waals surface area contributed by atoms with E-state index in [1.54, 1.807) is 25.4 Å². The minimum Gasteiger partial charge on any atom is -0.455 e. The fourth-order valence-electron chi connectivity index (χ4n) is 3.64. The van der Waals surface area contributed by atoms with Crippen LogP contribution in [0, 0.1) is 5.82 Å². The lowest BCUT2D eigenvalue weighted by molar-refractivity contribution is 0.0964. The Bertz CT molecular complexity index is 1170. The number of halogens is 1. The van der Waals surface area contributed by atoms with Crippen LogP contribution in [0.15, 0.2) is 46.4 Å². The molecular weight excluding hydrogens is 391 g/mol. The van der Waals surface area contributed by atoms with E-state index < -0.39 is 11.0 Å². The van der Waals surface area contributed by atoms with Gasteiger partial charge in [0.05, 0.1) is 11.3 Å². The van der Waals surface area contributed by atoms with E-state index in [2.05, 4.69) is 11.4 Å². The van der Waals surface area contributed by atoms with Crippen molar-refractivity contribution < 1.29 is 17.8 Å². The molecule has 0 bridgehead atoms. The number of furan rings is 1. The second kappa shape index (κ2) is 7.48. The maximum absolute atomic E-state index is 13.4. The summed E-state index contributed by atoms with van der Waals surface area (Å²) in [5.41, 5.74) is 4.39. The summed E-state index contributed by atoms with van der Waals surface area (Å²) >= 11 is 0. The Labute approximate surface area is 170 Å². The molecule has 150 valence electrons. The van der Waals surface area contributed by atoms with Gasteiger partial charge in [0, 0.05) is 36.9 Å². The van der Waals surface area contributed by atoms with Crippen LogP contribution in [0.3, 0.4) is 0 Å². The minimum atomic E-state index is -1.19. The van der Waals surface area contributed by atoms with Gasteiger partial charge in [0.15, 0.2) is 0 Å². The highest BCUT2D eigenvalue weighted by Crippen LogP contribution is 2.39. The predicted octanol–water partition coefficient (Wildman–Crippen LogP) is 4.51. The molecule has 0 saturated heterocycles. The molecule has 1 aliphatic heterocycles. The first kappa shape index (κ1) is 19.4. The molecule has 1 unspecified atom stereocenters. The Morgan fingerprint density at radius 2 is 1.97 bits per heavy atom. The van der Waals surface area contributed by atoms with Crippen molar-refractivity contribution in [2.45, 2.75) is 13.3 Å². The Morgan fingerprint density at radius 1 is 1.24 bits per heavy atom. The number of anilines is 1. The van der Waals surface area contributed by atoms with Gasteiger partial charge in [0.25, 0.3) is 5.91 Å². The van der Waals surface area contributed by atoms with Crippen molar-refractivity contribution in [2.24, 2.45) is 0 Å². The summed E-state index contributed by atoms with van der Waals surface area (Å²) in [6.07, 6.45) is 4.51. The Kier molecular flexibility index (Phi) is 5.00. The topological polar surface area (TPSA) is 62.6 Å². The predicted molar refractivity (Wildman–Crippen MR) is 115 cm³/mol. The summed E-state index contributed by atoms with van der Waals surface area (Å²) < 4.78 is 33.6. The van der Waals surface area contributed by atoms with Crippen LogP contribution in [0.2, 0.25) is 0 Å². The van der Waals surface area contributed by atoms with Crippen LogP contribution in [0.25, 0.3) is 28.4 Å². The zero-order chi connectivity index (χ0) is 20.7. The number of nitrogens with zero attached hydrogens (tertiary/aromatic N) is 1. The first-order chi connectivity index (χ1) is 13.9. The van der Waals surface area contributed by atoms with Gasteiger partial charge in [-0.05, 0) is 49.2 Å². The fourth-order valence-corrected chi connectivity index (χ4v) is 4.42. The van der Waals surface area contributed by atoms with Gasteiger partial charge in [-0.3, -0.25) is 9.10 Å². The maximum atomic E-state index is 13.4. The van der Waals surface area contributed by atoms with E-state index in [4.69, 9.17) is 4.42 Å². The lowest BCUT2D eigenvalue weighted by Crippen LogP contribution is -2.25. The van der Waals surface area contributed by atoms with Crippen molar-refractivity contribution in [1.82, 2.24) is 5.32 Å². The molecule has 3 aromatic rings. The van der Waals surface area contributed by atoms with E-state index in [0.29, 0.717) is 34.4 Å². The molecule has 0 fully saturated rings. The smallest absolute Gasteiger partial charge is 0.255 e. The van der Waals surface area contributed by atoms with Gasteiger partial charge in [-0.1, -0.05) is 11.6 Å². The number of fused-ring (bicyclic) bond motifs is 2. The average molecular weight is 412 g/mol. The Balaban J connectivity index is 2.02. The highest BCUT2D eigenvalue weighted by atomic mass is 32.2. The zero-order valence-corrected chi connectivity index (χ0v) is 17.2. The Morgan fingerprint density at radius 3 is 2.62 bits per heavy atom. The number of rotatable bonds is 3. The molecular formula is C22H21FN2O3S. The van der Waals surface area contributed by atoms with Gasteiger partial charge in [-0.25, -0.2) is 8.60 Å². The molecule has 0 radical (unpaired) electrons. The van der Waals surface area contributed by atoms with Crippen molar-refractivity contribution in [3.05, 3.63) is 58.9 Å². The minimum absolute atomic E-state index is 0.284. The third-order valence-corrected chi connectivity index (χ3v) is 6.09. The summed E-state index contributed by atoms with van der Waals surface area (Å²) in [5, 5.41) is 3.32. The number of carbonyl (C=O) groups excluding carboxylic acids is 1. The van der Waals surface area contributed by atoms with Crippen molar-refractivity contribution in [1.29, 1.82) is 0 Å². The molecule has 0 spiro atoms. The quantitative estimate of drug-likeness (QED) is 0.689. The normalized spacial score (nSPS) is 14.9. The highest BCUT2D eigenvalue weighted by molar-refractivity contribution is 7.85. The van der Waals surface area contributed by atoms with Crippen molar-refractivity contribution in [3.63, 3.8) is 0 Å². The van der Waals surface area contributed by atoms with E-state index >= 15 is 0 Å². The van der Waals surface area contributed by atoms with Crippen molar-refractivity contribution in [2.75, 3.05) is 24.2 Å². The number of nitrogens with one attached hydrogen (secondary N) is 1. The molecule has 1 atom stereocenters. The first-order valence-corrected chi connectivity index (χ1v) is 10.8. The zero-order valence-electron chi connectivity index (χ0n) is 16.4. The fraction of sp³-hybridized carbons (Fsp3) is 0.227. The molecule has 29 heavy (non-hydrogen) atoms. The number of amides is 1. The van der Waals surface area contributed by atoms with Crippen molar-refractivity contribution >= 4 is 39.6 Å². The average Bonchev–Trinajstić information content (AvgIpc) is 2.97. The second-order valence-electron chi connectivity index (χ2n) is 7.07. The number of hydrogen-bond donors (Lipinski definition) is 1. The van der Waals surface area contributed by atoms with Crippen LogP contribution >= 0.6 is 0 Å². The molecule has 4 rings (SSSR count). The lowest BCUT2D eigenvalue weighted by Gasteiger charge is -2.21. The SMILES string of the molecule is CNC(=O)c1c(-c2ccc(F)cc2)oc2cc3c(cc12)C=C(C)CCN3S(C)=O. The molecule has 0 aliphatic carbocycles. The molecule has 2 aromatic carbocycles. The van der Waals surface area contributed by atoms with Gasteiger partial charge in [-0.2, -0.15) is 0 Å². The molecule has 1 amide bonds. The first-order valence-electron chi connectivity index (χ1n) is 9.26. The van der Waals surface area contributed by atoms with E-state index in [0.717, 1.165) is 17.7 Å². The van der Waals surface area contributed by atoms with E-state index in [9.17, 15) is 13.4 Å². The van der Waals surface area contributed by atoms with Crippen LogP contribution in [0.1, 0.15) is 29.3 Å². The molecule has 1 aliphatic rings.